The first-order valence-corrected chi connectivity index (χ1v) is 6.10. The van der Waals surface area contributed by atoms with Crippen LogP contribution < -0.4 is 11.2 Å². The molecule has 0 saturated carbocycles. The molecule has 0 aromatic rings. The molecule has 84 valence electrons. The lowest BCUT2D eigenvalue weighted by molar-refractivity contribution is -0.125. The summed E-state index contributed by atoms with van der Waals surface area (Å²) >= 11 is 1.87. The molecular formula is C9H20N2O2S. The van der Waals surface area contributed by atoms with Crippen molar-refractivity contribution in [1.82, 2.24) is 5.32 Å². The Labute approximate surface area is 89.9 Å². The van der Waals surface area contributed by atoms with Crippen LogP contribution in [0.1, 0.15) is 26.2 Å². The lowest BCUT2D eigenvalue weighted by Crippen LogP contribution is -2.29. The summed E-state index contributed by atoms with van der Waals surface area (Å²) in [6, 6.07) is 0. The zero-order valence-electron chi connectivity index (χ0n) is 8.91. The molecule has 4 nitrogen and oxygen atoms in total. The van der Waals surface area contributed by atoms with E-state index in [-0.39, 0.29) is 12.5 Å². The van der Waals surface area contributed by atoms with Gasteiger partial charge < -0.3 is 5.32 Å². The smallest absolute Gasteiger partial charge is 0.248 e. The van der Waals surface area contributed by atoms with Crippen molar-refractivity contribution in [3.05, 3.63) is 0 Å². The highest BCUT2D eigenvalue weighted by molar-refractivity contribution is 7.99. The predicted octanol–water partition coefficient (Wildman–Crippen LogP) is 0.915. The average molecular weight is 220 g/mol. The van der Waals surface area contributed by atoms with Gasteiger partial charge >= 0.3 is 0 Å². The van der Waals surface area contributed by atoms with Crippen LogP contribution >= 0.6 is 11.8 Å². The minimum Gasteiger partial charge on any atom is -0.354 e. The number of unbranched alkanes of at least 4 members (excludes halogenated alkanes) is 1. The maximum Gasteiger partial charge on any atom is 0.248 e. The van der Waals surface area contributed by atoms with Crippen molar-refractivity contribution in [2.24, 2.45) is 5.90 Å². The molecule has 14 heavy (non-hydrogen) atoms. The van der Waals surface area contributed by atoms with Gasteiger partial charge in [-0.3, -0.25) is 9.63 Å². The molecule has 1 atom stereocenters. The Morgan fingerprint density at radius 3 is 2.86 bits per heavy atom. The minimum absolute atomic E-state index is 0.0544. The van der Waals surface area contributed by atoms with E-state index in [0.717, 1.165) is 12.8 Å². The molecule has 1 unspecified atom stereocenters. The lowest BCUT2D eigenvalue weighted by Gasteiger charge is -2.07. The van der Waals surface area contributed by atoms with E-state index in [4.69, 9.17) is 5.90 Å². The van der Waals surface area contributed by atoms with E-state index < -0.39 is 0 Å². The van der Waals surface area contributed by atoms with Crippen molar-refractivity contribution in [3.63, 3.8) is 0 Å². The summed E-state index contributed by atoms with van der Waals surface area (Å²) in [5.74, 6) is 4.61. The van der Waals surface area contributed by atoms with E-state index in [1.165, 1.54) is 6.42 Å². The van der Waals surface area contributed by atoms with Crippen molar-refractivity contribution in [2.45, 2.75) is 31.4 Å². The zero-order chi connectivity index (χ0) is 10.8. The molecule has 0 aliphatic heterocycles. The molecule has 0 aliphatic carbocycles. The Kier molecular flexibility index (Phi) is 9.13. The highest BCUT2D eigenvalue weighted by Gasteiger charge is 2.00. The molecule has 0 aromatic heterocycles. The van der Waals surface area contributed by atoms with Gasteiger partial charge in [0.2, 0.25) is 5.91 Å². The van der Waals surface area contributed by atoms with Crippen LogP contribution in [0.2, 0.25) is 0 Å². The van der Waals surface area contributed by atoms with Gasteiger partial charge in [0, 0.05) is 11.8 Å². The van der Waals surface area contributed by atoms with Gasteiger partial charge in [-0.15, -0.1) is 0 Å². The van der Waals surface area contributed by atoms with Crippen molar-refractivity contribution >= 4 is 17.7 Å². The third-order valence-electron chi connectivity index (χ3n) is 1.98. The number of amides is 1. The summed E-state index contributed by atoms with van der Waals surface area (Å²) in [5.41, 5.74) is 0. The van der Waals surface area contributed by atoms with Crippen molar-refractivity contribution in [3.8, 4) is 0 Å². The van der Waals surface area contributed by atoms with Gasteiger partial charge in [0.15, 0.2) is 0 Å². The fraction of sp³-hybridized carbons (Fsp3) is 0.889. The number of nitrogens with one attached hydrogen (secondary N) is 1. The highest BCUT2D eigenvalue weighted by Crippen LogP contribution is 2.12. The third-order valence-corrected chi connectivity index (χ3v) is 3.02. The monoisotopic (exact) mass is 220 g/mol. The van der Waals surface area contributed by atoms with Gasteiger partial charge in [0.1, 0.15) is 6.61 Å². The molecule has 3 N–H and O–H groups in total. The molecular weight excluding hydrogens is 200 g/mol. The third kappa shape index (κ3) is 8.34. The largest absolute Gasteiger partial charge is 0.354 e. The normalized spacial score (nSPS) is 12.5. The summed E-state index contributed by atoms with van der Waals surface area (Å²) in [5, 5.41) is 3.43. The Morgan fingerprint density at radius 1 is 1.57 bits per heavy atom. The standard InChI is InChI=1S/C9H20N2O2S/c1-8(14-2)5-3-4-6-11-9(12)7-13-10/h8H,3-7,10H2,1-2H3,(H,11,12). The van der Waals surface area contributed by atoms with Crippen LogP contribution in [0.25, 0.3) is 0 Å². The molecule has 5 heteroatoms. The first kappa shape index (κ1) is 13.7. The Balaban J connectivity index is 3.17. The Hall–Kier alpha value is -0.260. The summed E-state index contributed by atoms with van der Waals surface area (Å²) in [4.78, 5) is 15.1. The number of carbonyl (C=O) groups is 1. The van der Waals surface area contributed by atoms with Crippen molar-refractivity contribution in [1.29, 1.82) is 0 Å². The van der Waals surface area contributed by atoms with Gasteiger partial charge in [-0.05, 0) is 19.1 Å². The van der Waals surface area contributed by atoms with Crippen LogP contribution in [0.3, 0.4) is 0 Å². The number of thioether (sulfide) groups is 1. The molecule has 0 radical (unpaired) electrons. The highest BCUT2D eigenvalue weighted by atomic mass is 32.2. The molecule has 0 heterocycles. The first-order chi connectivity index (χ1) is 6.70. The van der Waals surface area contributed by atoms with Crippen LogP contribution in [0.4, 0.5) is 0 Å². The number of rotatable bonds is 8. The number of hydrogen-bond donors (Lipinski definition) is 2. The zero-order valence-corrected chi connectivity index (χ0v) is 9.73. The van der Waals surface area contributed by atoms with Crippen molar-refractivity contribution < 1.29 is 9.63 Å². The molecule has 0 spiro atoms. The van der Waals surface area contributed by atoms with Crippen LogP contribution in [-0.2, 0) is 9.63 Å². The van der Waals surface area contributed by atoms with Crippen LogP contribution in [0, 0.1) is 0 Å². The summed E-state index contributed by atoms with van der Waals surface area (Å²) in [6.07, 6.45) is 5.47. The predicted molar refractivity (Wildman–Crippen MR) is 60.0 cm³/mol. The number of carbonyl (C=O) groups excluding carboxylic acids is 1. The maximum absolute atomic E-state index is 10.9. The summed E-state index contributed by atoms with van der Waals surface area (Å²) < 4.78 is 0. The second-order valence-corrected chi connectivity index (χ2v) is 4.48. The molecule has 0 rings (SSSR count). The van der Waals surface area contributed by atoms with Crippen LogP contribution in [0.15, 0.2) is 0 Å². The molecule has 0 aliphatic rings. The van der Waals surface area contributed by atoms with Crippen LogP contribution in [0.5, 0.6) is 0 Å². The van der Waals surface area contributed by atoms with Gasteiger partial charge in [-0.1, -0.05) is 13.3 Å². The first-order valence-electron chi connectivity index (χ1n) is 4.82. The van der Waals surface area contributed by atoms with Gasteiger partial charge in [0.05, 0.1) is 0 Å². The van der Waals surface area contributed by atoms with Gasteiger partial charge in [-0.2, -0.15) is 11.8 Å². The van der Waals surface area contributed by atoms with E-state index in [1.807, 2.05) is 11.8 Å². The minimum atomic E-state index is -0.148. The maximum atomic E-state index is 10.9. The Morgan fingerprint density at radius 2 is 2.29 bits per heavy atom. The van der Waals surface area contributed by atoms with Gasteiger partial charge in [-0.25, -0.2) is 5.90 Å². The molecule has 0 aromatic carbocycles. The fourth-order valence-electron chi connectivity index (χ4n) is 1.03. The topological polar surface area (TPSA) is 64.3 Å². The summed E-state index contributed by atoms with van der Waals surface area (Å²) in [6.45, 7) is 2.87. The molecule has 0 fully saturated rings. The van der Waals surface area contributed by atoms with Gasteiger partial charge in [0.25, 0.3) is 0 Å². The van der Waals surface area contributed by atoms with E-state index in [9.17, 15) is 4.79 Å². The lowest BCUT2D eigenvalue weighted by atomic mass is 10.2. The molecule has 1 amide bonds. The number of nitrogens with two attached hydrogens (primary N) is 1. The van der Waals surface area contributed by atoms with E-state index in [2.05, 4.69) is 23.3 Å². The van der Waals surface area contributed by atoms with Crippen molar-refractivity contribution in [2.75, 3.05) is 19.4 Å². The molecule has 0 bridgehead atoms. The quantitative estimate of drug-likeness (QED) is 0.471. The van der Waals surface area contributed by atoms with E-state index in [1.54, 1.807) is 0 Å². The van der Waals surface area contributed by atoms with E-state index in [0.29, 0.717) is 11.8 Å². The van der Waals surface area contributed by atoms with E-state index >= 15 is 0 Å². The summed E-state index contributed by atoms with van der Waals surface area (Å²) in [7, 11) is 0. The SMILES string of the molecule is CSC(C)CCCCNC(=O)CON. The fourth-order valence-corrected chi connectivity index (χ4v) is 1.43. The number of hydrogen-bond acceptors (Lipinski definition) is 4. The second-order valence-electron chi connectivity index (χ2n) is 3.20. The van der Waals surface area contributed by atoms with Crippen LogP contribution in [-0.4, -0.2) is 30.6 Å². The molecule has 0 saturated heterocycles. The second kappa shape index (κ2) is 9.30. The Bertz CT molecular complexity index is 156. The average Bonchev–Trinajstić information content (AvgIpc) is 2.17.